The molecule has 8 aromatic rings. The molecule has 11 rings (SSSR count). The number of H-pyrrole nitrogens is 2. The first kappa shape index (κ1) is 65.2. The number of fused-ring (bicyclic) bond motifs is 10. The Morgan fingerprint density at radius 2 is 0.731 bits per heavy atom. The number of nitrogens with zero attached hydrogens (tertiary/aromatic N) is 2. The van der Waals surface area contributed by atoms with Gasteiger partial charge in [0.1, 0.15) is 17.1 Å². The number of carboxylic acids is 1. The Balaban J connectivity index is 1.38. The van der Waals surface area contributed by atoms with Crippen molar-refractivity contribution in [3.63, 3.8) is 0 Å². The van der Waals surface area contributed by atoms with E-state index in [1.807, 2.05) is 61.5 Å². The van der Waals surface area contributed by atoms with Crippen LogP contribution in [0.2, 0.25) is 0 Å². The molecule has 0 aliphatic carbocycles. The highest BCUT2D eigenvalue weighted by Crippen LogP contribution is 2.57. The van der Waals surface area contributed by atoms with Crippen LogP contribution in [0.25, 0.3) is 90.9 Å². The number of nitrogens with one attached hydrogen (secondary N) is 2. The van der Waals surface area contributed by atoms with E-state index in [0.717, 1.165) is 30.4 Å². The van der Waals surface area contributed by atoms with Crippen LogP contribution in [0.3, 0.4) is 0 Å². The maximum atomic E-state index is 14.9. The molecule has 6 heterocycles. The Morgan fingerprint density at radius 1 is 0.409 bits per heavy atom. The summed E-state index contributed by atoms with van der Waals surface area (Å²) in [6.07, 6.45) is -28.5. The zero-order chi connectivity index (χ0) is 68.2. The van der Waals surface area contributed by atoms with Crippen molar-refractivity contribution in [3.8, 4) is 56.0 Å². The van der Waals surface area contributed by atoms with Crippen LogP contribution in [0.4, 0.5) is 79.0 Å². The molecule has 0 spiro atoms. The topological polar surface area (TPSA) is 104 Å². The van der Waals surface area contributed by atoms with Crippen molar-refractivity contribution in [2.24, 2.45) is 0 Å². The number of hydrogen-bond donors (Lipinski definition) is 3. The van der Waals surface area contributed by atoms with Gasteiger partial charge in [-0.05, 0) is 148 Å². The molecule has 8 bridgehead atoms. The van der Waals surface area contributed by atoms with E-state index in [-0.39, 0.29) is 75.2 Å². The van der Waals surface area contributed by atoms with E-state index < -0.39 is 154 Å². The van der Waals surface area contributed by atoms with Gasteiger partial charge in [0.15, 0.2) is 0 Å². The Hall–Kier alpha value is -9.29. The molecule has 0 saturated carbocycles. The molecule has 0 radical (unpaired) electrons. The average molecular weight is 1310 g/mol. The third kappa shape index (κ3) is 12.0. The number of halogens is 18. The smallest absolute Gasteiger partial charge is 0.416 e. The zero-order valence-electron chi connectivity index (χ0n) is 49.6. The minimum Gasteiger partial charge on any atom is -0.478 e. The summed E-state index contributed by atoms with van der Waals surface area (Å²) in [7, 11) is 0. The maximum Gasteiger partial charge on any atom is 0.416 e. The van der Waals surface area contributed by atoms with Gasteiger partial charge in [-0.1, -0.05) is 73.6 Å². The molecule has 0 unspecified atom stereocenters. The van der Waals surface area contributed by atoms with Crippen molar-refractivity contribution in [2.75, 3.05) is 0 Å². The molecule has 0 atom stereocenters. The summed E-state index contributed by atoms with van der Waals surface area (Å²) in [6, 6.07) is 12.4. The second-order valence-corrected chi connectivity index (χ2v) is 25.2. The van der Waals surface area contributed by atoms with Crippen LogP contribution in [-0.4, -0.2) is 31.0 Å². The summed E-state index contributed by atoms with van der Waals surface area (Å²) in [6.45, 7) is 14.9. The molecule has 5 aromatic carbocycles. The lowest BCUT2D eigenvalue weighted by Crippen LogP contribution is -2.31. The van der Waals surface area contributed by atoms with E-state index in [4.69, 9.17) is 9.72 Å². The van der Waals surface area contributed by atoms with Gasteiger partial charge in [0, 0.05) is 66.4 Å². The fourth-order valence-corrected chi connectivity index (χ4v) is 11.9. The lowest BCUT2D eigenvalue weighted by molar-refractivity contribution is -0.144. The van der Waals surface area contributed by atoms with Crippen LogP contribution in [0, 0.1) is 0 Å². The minimum atomic E-state index is -5.51. The van der Waals surface area contributed by atoms with E-state index in [2.05, 4.69) is 15.0 Å². The summed E-state index contributed by atoms with van der Waals surface area (Å²) in [4.78, 5) is 28.6. The fraction of sp³-hybridized carbons (Fsp3) is 0.250. The largest absolute Gasteiger partial charge is 0.478 e. The van der Waals surface area contributed by atoms with Gasteiger partial charge in [0.25, 0.3) is 0 Å². The summed E-state index contributed by atoms with van der Waals surface area (Å²) >= 11 is 0. The zero-order valence-corrected chi connectivity index (χ0v) is 49.6. The van der Waals surface area contributed by atoms with Crippen molar-refractivity contribution in [1.82, 2.24) is 19.9 Å². The highest BCUT2D eigenvalue weighted by Gasteiger charge is 2.45. The van der Waals surface area contributed by atoms with E-state index >= 15 is 0 Å². The van der Waals surface area contributed by atoms with Crippen molar-refractivity contribution in [2.45, 2.75) is 109 Å². The van der Waals surface area contributed by atoms with Crippen LogP contribution < -0.4 is 4.74 Å². The van der Waals surface area contributed by atoms with Crippen LogP contribution >= 0.6 is 0 Å². The predicted molar refractivity (Wildman–Crippen MR) is 314 cm³/mol. The van der Waals surface area contributed by atoms with Crippen LogP contribution in [0.15, 0.2) is 103 Å². The second-order valence-electron chi connectivity index (χ2n) is 25.2. The van der Waals surface area contributed by atoms with E-state index in [0.29, 0.717) is 46.5 Å². The molecule has 0 saturated heterocycles. The van der Waals surface area contributed by atoms with Crippen LogP contribution in [0.1, 0.15) is 144 Å². The summed E-state index contributed by atoms with van der Waals surface area (Å²) in [5.74, 6) is -1.54. The summed E-state index contributed by atoms with van der Waals surface area (Å²) in [5.41, 5.74) is -19.6. The first-order valence-electron chi connectivity index (χ1n) is 28.0. The Bertz CT molecular complexity index is 4540. The molecule has 93 heavy (non-hydrogen) atoms. The maximum absolute atomic E-state index is 14.9. The van der Waals surface area contributed by atoms with Gasteiger partial charge in [-0.3, -0.25) is 0 Å². The van der Waals surface area contributed by atoms with Gasteiger partial charge in [-0.2, -0.15) is 79.0 Å². The Morgan fingerprint density at radius 3 is 1.03 bits per heavy atom. The number of benzene rings is 5. The van der Waals surface area contributed by atoms with Crippen LogP contribution in [0.5, 0.6) is 11.5 Å². The number of aromatic amines is 2. The van der Waals surface area contributed by atoms with Crippen molar-refractivity contribution in [1.29, 1.82) is 0 Å². The predicted octanol–water partition coefficient (Wildman–Crippen LogP) is 22.2. The molecule has 7 nitrogen and oxygen atoms in total. The number of ether oxygens (including phenoxy) is 1. The SMILES string of the molecule is CC(C)(C)c1cc(C(=O)O)c2c(c1)C(C)(C)c1c(C(C)(C)C)ccc(-c3c4nc(c(-c5cc(C(F)(F)F)cc(C(F)(F)F)c5)c5ccc([nH]5)c(-c5cc(C(F)(F)F)cc(C(F)(F)F)c5)c5nc(c(-c6cc(C(F)(F)F)cc(C(F)(F)F)c6)c6ccc3[nH]6)C=C5)C=C4)c1O2. The van der Waals surface area contributed by atoms with Gasteiger partial charge in [0.05, 0.1) is 56.2 Å². The molecular formula is C68H48F18N4O3. The molecular weight excluding hydrogens is 1260 g/mol. The van der Waals surface area contributed by atoms with Gasteiger partial charge < -0.3 is 19.8 Å². The number of carbonyl (C=O) groups is 1. The highest BCUT2D eigenvalue weighted by molar-refractivity contribution is 6.02. The van der Waals surface area contributed by atoms with Gasteiger partial charge >= 0.3 is 43.0 Å². The Kier molecular flexibility index (Phi) is 15.0. The number of aromatic nitrogens is 4. The lowest BCUT2D eigenvalue weighted by atomic mass is 9.67. The van der Waals surface area contributed by atoms with Crippen molar-refractivity contribution in [3.05, 3.63) is 187 Å². The first-order chi connectivity index (χ1) is 42.7. The van der Waals surface area contributed by atoms with E-state index in [1.165, 1.54) is 24.3 Å². The third-order valence-corrected chi connectivity index (χ3v) is 16.3. The van der Waals surface area contributed by atoms with E-state index in [9.17, 15) is 88.9 Å². The fourth-order valence-electron chi connectivity index (χ4n) is 11.9. The Labute approximate surface area is 516 Å². The number of hydrogen-bond acceptors (Lipinski definition) is 4. The number of alkyl halides is 18. The molecule has 0 amide bonds. The van der Waals surface area contributed by atoms with E-state index in [1.54, 1.807) is 12.1 Å². The standard InChI is InChI=1S/C68H48F18N4O3/c1-60(2,3)33-28-41(59(91)92)57-43(29-33)62(7,8)56-42(61(4,5)6)10-9-40(58(56)93-57)55-50-17-15-48(89-50)53(31-21-36(65(75,76)77)26-37(22-31)66(78,79)80)46-13-11-44(87-46)52(30-19-34(63(69,70)71)25-35(20-30)64(72,73)74)45-12-14-47(88-45)54(49-16-18-51(55)90-49)32-23-38(67(81,82)83)27-39(24-32)68(84,85)86/h9-29,87,90H,1-8H3,(H,91,92). The molecule has 0 fully saturated rings. The van der Waals surface area contributed by atoms with Gasteiger partial charge in [-0.15, -0.1) is 0 Å². The number of rotatable bonds is 5. The third-order valence-electron chi connectivity index (χ3n) is 16.3. The highest BCUT2D eigenvalue weighted by atomic mass is 19.4. The molecule has 3 aliphatic rings. The van der Waals surface area contributed by atoms with Crippen molar-refractivity contribution >= 4 is 52.3 Å². The van der Waals surface area contributed by atoms with Gasteiger partial charge in [0.2, 0.25) is 0 Å². The molecule has 484 valence electrons. The minimum absolute atomic E-state index is 0.0208. The second kappa shape index (κ2) is 21.4. The monoisotopic (exact) mass is 1310 g/mol. The first-order valence-corrected chi connectivity index (χ1v) is 28.0. The van der Waals surface area contributed by atoms with Crippen LogP contribution in [-0.2, 0) is 53.3 Å². The van der Waals surface area contributed by atoms with Gasteiger partial charge in [-0.25, -0.2) is 14.8 Å². The quantitative estimate of drug-likeness (QED) is 0.149. The number of carboxylic acid groups (broad SMARTS) is 1. The normalized spacial score (nSPS) is 14.5. The molecule has 3 aromatic heterocycles. The van der Waals surface area contributed by atoms with Crippen molar-refractivity contribution < 1.29 is 93.7 Å². The summed E-state index contributed by atoms with van der Waals surface area (Å²) in [5, 5.41) is 10.9. The molecule has 3 N–H and O–H groups in total. The average Bonchev–Trinajstić information content (AvgIpc) is 0.852. The molecule has 3 aliphatic heterocycles. The molecule has 25 heteroatoms. The number of aromatic carboxylic acids is 1. The lowest BCUT2D eigenvalue weighted by Gasteiger charge is -2.41. The summed E-state index contributed by atoms with van der Waals surface area (Å²) < 4.78 is 274.